The van der Waals surface area contributed by atoms with Crippen molar-refractivity contribution >= 4 is 5.91 Å². The summed E-state index contributed by atoms with van der Waals surface area (Å²) in [6, 6.07) is 13.7. The van der Waals surface area contributed by atoms with Gasteiger partial charge in [0.25, 0.3) is 0 Å². The minimum Gasteiger partial charge on any atom is -0.497 e. The highest BCUT2D eigenvalue weighted by Crippen LogP contribution is 2.33. The van der Waals surface area contributed by atoms with E-state index < -0.39 is 0 Å². The summed E-state index contributed by atoms with van der Waals surface area (Å²) >= 11 is 0. The van der Waals surface area contributed by atoms with Crippen LogP contribution in [0.2, 0.25) is 0 Å². The zero-order valence-electron chi connectivity index (χ0n) is 19.2. The molecule has 6 heteroatoms. The topological polar surface area (TPSA) is 76.2 Å². The Morgan fingerprint density at radius 2 is 1.78 bits per heavy atom. The van der Waals surface area contributed by atoms with E-state index >= 15 is 0 Å². The van der Waals surface area contributed by atoms with Gasteiger partial charge in [0.2, 0.25) is 5.91 Å². The summed E-state index contributed by atoms with van der Waals surface area (Å²) in [5, 5.41) is 3.01. The van der Waals surface area contributed by atoms with E-state index in [9.17, 15) is 4.79 Å². The first-order valence-corrected chi connectivity index (χ1v) is 11.3. The van der Waals surface area contributed by atoms with Crippen molar-refractivity contribution in [1.29, 1.82) is 0 Å². The van der Waals surface area contributed by atoms with Gasteiger partial charge in [0, 0.05) is 24.1 Å². The Morgan fingerprint density at radius 1 is 1.00 bits per heavy atom. The van der Waals surface area contributed by atoms with E-state index in [-0.39, 0.29) is 5.91 Å². The zero-order valence-corrected chi connectivity index (χ0v) is 19.2. The monoisotopic (exact) mass is 435 g/mol. The van der Waals surface area contributed by atoms with Gasteiger partial charge in [-0.2, -0.15) is 0 Å². The molecule has 3 aromatic rings. The quantitative estimate of drug-likeness (QED) is 0.356. The van der Waals surface area contributed by atoms with Crippen molar-refractivity contribution in [1.82, 2.24) is 15.3 Å². The molecule has 0 saturated heterocycles. The molecule has 1 heterocycles. The van der Waals surface area contributed by atoms with E-state index in [1.165, 1.54) is 19.3 Å². The Labute approximate surface area is 190 Å². The molecule has 2 N–H and O–H groups in total. The van der Waals surface area contributed by atoms with Crippen molar-refractivity contribution < 1.29 is 14.3 Å². The number of unbranched alkanes of at least 4 members (excludes halogenated alkanes) is 4. The van der Waals surface area contributed by atoms with Crippen LogP contribution in [0.25, 0.3) is 22.6 Å². The van der Waals surface area contributed by atoms with Crippen LogP contribution in [0.3, 0.4) is 0 Å². The molecule has 0 unspecified atom stereocenters. The van der Waals surface area contributed by atoms with Gasteiger partial charge in [0.1, 0.15) is 17.3 Å². The highest BCUT2D eigenvalue weighted by Gasteiger charge is 2.12. The zero-order chi connectivity index (χ0) is 22.8. The van der Waals surface area contributed by atoms with Gasteiger partial charge in [-0.15, -0.1) is 0 Å². The van der Waals surface area contributed by atoms with Crippen molar-refractivity contribution in [2.45, 2.75) is 52.0 Å². The van der Waals surface area contributed by atoms with Crippen LogP contribution in [0.5, 0.6) is 11.5 Å². The summed E-state index contributed by atoms with van der Waals surface area (Å²) in [5.41, 5.74) is 3.78. The summed E-state index contributed by atoms with van der Waals surface area (Å²) in [6.45, 7) is 2.74. The average molecular weight is 436 g/mol. The van der Waals surface area contributed by atoms with Crippen LogP contribution in [-0.4, -0.2) is 30.1 Å². The van der Waals surface area contributed by atoms with Crippen molar-refractivity contribution in [2.24, 2.45) is 0 Å². The lowest BCUT2D eigenvalue weighted by atomic mass is 10.1. The predicted octanol–water partition coefficient (Wildman–Crippen LogP) is 5.74. The number of nitrogens with zero attached hydrogens (tertiary/aromatic N) is 1. The molecule has 0 fully saturated rings. The summed E-state index contributed by atoms with van der Waals surface area (Å²) in [4.78, 5) is 19.9. The SMILES string of the molecule is CCCCCCCC(=O)NCc1ccc(-c2ncc(-c3cc(OC)ccc3OC)[nH]2)cc1. The second-order valence-electron chi connectivity index (χ2n) is 7.85. The lowest BCUT2D eigenvalue weighted by molar-refractivity contribution is -0.121. The van der Waals surface area contributed by atoms with Gasteiger partial charge >= 0.3 is 0 Å². The molecular weight excluding hydrogens is 402 g/mol. The van der Waals surface area contributed by atoms with Gasteiger partial charge < -0.3 is 19.8 Å². The summed E-state index contributed by atoms with van der Waals surface area (Å²) in [5.74, 6) is 2.39. The Hall–Kier alpha value is -3.28. The van der Waals surface area contributed by atoms with Gasteiger partial charge in [-0.1, -0.05) is 56.9 Å². The van der Waals surface area contributed by atoms with E-state index in [0.717, 1.165) is 52.5 Å². The number of ether oxygens (including phenoxy) is 2. The third-order valence-corrected chi connectivity index (χ3v) is 5.50. The maximum absolute atomic E-state index is 12.0. The Morgan fingerprint density at radius 3 is 2.50 bits per heavy atom. The summed E-state index contributed by atoms with van der Waals surface area (Å²) in [7, 11) is 3.29. The second kappa shape index (κ2) is 11.9. The molecule has 0 aliphatic heterocycles. The molecule has 0 bridgehead atoms. The minimum atomic E-state index is 0.119. The van der Waals surface area contributed by atoms with Gasteiger partial charge in [-0.05, 0) is 30.2 Å². The number of imidazole rings is 1. The molecular formula is C26H33N3O3. The van der Waals surface area contributed by atoms with Crippen LogP contribution in [0.4, 0.5) is 0 Å². The fourth-order valence-corrected chi connectivity index (χ4v) is 3.59. The molecule has 0 aliphatic rings. The molecule has 1 amide bonds. The first-order valence-electron chi connectivity index (χ1n) is 11.3. The van der Waals surface area contributed by atoms with Gasteiger partial charge in [0.05, 0.1) is 26.1 Å². The fraction of sp³-hybridized carbons (Fsp3) is 0.385. The van der Waals surface area contributed by atoms with Crippen molar-refractivity contribution in [2.75, 3.05) is 14.2 Å². The number of carbonyl (C=O) groups excluding carboxylic acids is 1. The van der Waals surface area contributed by atoms with Crippen molar-refractivity contribution in [3.05, 3.63) is 54.2 Å². The third kappa shape index (κ3) is 6.36. The number of aromatic nitrogens is 2. The highest BCUT2D eigenvalue weighted by atomic mass is 16.5. The Kier molecular flexibility index (Phi) is 8.72. The van der Waals surface area contributed by atoms with Crippen LogP contribution < -0.4 is 14.8 Å². The van der Waals surface area contributed by atoms with Gasteiger partial charge in [-0.3, -0.25) is 4.79 Å². The number of methoxy groups -OCH3 is 2. The third-order valence-electron chi connectivity index (χ3n) is 5.50. The lowest BCUT2D eigenvalue weighted by Gasteiger charge is -2.09. The predicted molar refractivity (Wildman–Crippen MR) is 128 cm³/mol. The smallest absolute Gasteiger partial charge is 0.220 e. The van der Waals surface area contributed by atoms with Crippen molar-refractivity contribution in [3.8, 4) is 34.1 Å². The maximum atomic E-state index is 12.0. The number of nitrogens with one attached hydrogen (secondary N) is 2. The molecule has 32 heavy (non-hydrogen) atoms. The summed E-state index contributed by atoms with van der Waals surface area (Å²) < 4.78 is 10.8. The molecule has 6 nitrogen and oxygen atoms in total. The first-order chi connectivity index (χ1) is 15.6. The van der Waals surface area contributed by atoms with E-state index in [0.29, 0.717) is 13.0 Å². The number of rotatable bonds is 12. The number of aromatic amines is 1. The van der Waals surface area contributed by atoms with Crippen LogP contribution in [0, 0.1) is 0 Å². The number of hydrogen-bond donors (Lipinski definition) is 2. The second-order valence-corrected chi connectivity index (χ2v) is 7.85. The van der Waals surface area contributed by atoms with Crippen molar-refractivity contribution in [3.63, 3.8) is 0 Å². The largest absolute Gasteiger partial charge is 0.497 e. The highest BCUT2D eigenvalue weighted by molar-refractivity contribution is 5.76. The molecule has 170 valence electrons. The number of carbonyl (C=O) groups is 1. The van der Waals surface area contributed by atoms with E-state index in [4.69, 9.17) is 9.47 Å². The Bertz CT molecular complexity index is 996. The molecule has 2 aromatic carbocycles. The van der Waals surface area contributed by atoms with Crippen LogP contribution >= 0.6 is 0 Å². The first kappa shape index (κ1) is 23.4. The van der Waals surface area contributed by atoms with E-state index in [2.05, 4.69) is 22.2 Å². The van der Waals surface area contributed by atoms with Crippen LogP contribution in [0.1, 0.15) is 51.0 Å². The lowest BCUT2D eigenvalue weighted by Crippen LogP contribution is -2.22. The van der Waals surface area contributed by atoms with Gasteiger partial charge in [-0.25, -0.2) is 4.98 Å². The maximum Gasteiger partial charge on any atom is 0.220 e. The van der Waals surface area contributed by atoms with Gasteiger partial charge in [0.15, 0.2) is 0 Å². The number of amides is 1. The molecule has 0 spiro atoms. The Balaban J connectivity index is 1.58. The van der Waals surface area contributed by atoms with Crippen LogP contribution in [-0.2, 0) is 11.3 Å². The number of hydrogen-bond acceptors (Lipinski definition) is 4. The number of H-pyrrole nitrogens is 1. The molecule has 0 aliphatic carbocycles. The molecule has 0 saturated carbocycles. The summed E-state index contributed by atoms with van der Waals surface area (Å²) in [6.07, 6.45) is 8.16. The molecule has 3 rings (SSSR count). The number of benzene rings is 2. The minimum absolute atomic E-state index is 0.119. The van der Waals surface area contributed by atoms with Crippen LogP contribution in [0.15, 0.2) is 48.7 Å². The molecule has 1 aromatic heterocycles. The standard InChI is InChI=1S/C26H33N3O3/c1-4-5-6-7-8-9-25(30)27-17-19-10-12-20(13-11-19)26-28-18-23(29-26)22-16-21(31-2)14-15-24(22)32-3/h10-16,18H,4-9,17H2,1-3H3,(H,27,30)(H,28,29). The van der Waals surface area contributed by atoms with E-state index in [1.807, 2.05) is 42.5 Å². The molecule has 0 atom stereocenters. The molecule has 0 radical (unpaired) electrons. The van der Waals surface area contributed by atoms with E-state index in [1.54, 1.807) is 20.4 Å². The fourth-order valence-electron chi connectivity index (χ4n) is 3.59. The normalized spacial score (nSPS) is 10.7. The average Bonchev–Trinajstić information content (AvgIpc) is 3.32.